The zero-order chi connectivity index (χ0) is 45.9. The van der Waals surface area contributed by atoms with Gasteiger partial charge in [-0.15, -0.1) is 0 Å². The highest BCUT2D eigenvalue weighted by atomic mass is 15.0. The minimum Gasteiger partial charge on any atom is -0.313 e. The molecule has 0 bridgehead atoms. The Morgan fingerprint density at radius 2 is 1.04 bits per heavy atom. The van der Waals surface area contributed by atoms with Gasteiger partial charge in [0, 0.05) is 28.3 Å². The maximum absolute atomic E-state index is 2.54. The molecule has 68 heavy (non-hydrogen) atoms. The van der Waals surface area contributed by atoms with Crippen molar-refractivity contribution in [1.29, 1.82) is 0 Å². The fraction of sp³-hybridized carbons (Fsp3) is 0.224. The van der Waals surface area contributed by atoms with E-state index in [0.29, 0.717) is 11.8 Å². The molecule has 0 saturated carbocycles. The lowest BCUT2D eigenvalue weighted by Crippen LogP contribution is -2.11. The van der Waals surface area contributed by atoms with Crippen LogP contribution in [-0.2, 0) is 11.8 Å². The van der Waals surface area contributed by atoms with Crippen molar-refractivity contribution in [2.45, 2.75) is 90.4 Å². The van der Waals surface area contributed by atoms with Crippen LogP contribution in [0.2, 0.25) is 0 Å². The van der Waals surface area contributed by atoms with Gasteiger partial charge in [-0.05, 0) is 169 Å². The van der Waals surface area contributed by atoms with E-state index in [2.05, 4.69) is 220 Å². The molecule has 2 unspecified atom stereocenters. The van der Waals surface area contributed by atoms with Gasteiger partial charge in [-0.3, -0.25) is 0 Å². The number of allylic oxidation sites excluding steroid dienone is 17. The summed E-state index contributed by atoms with van der Waals surface area (Å²) in [5.41, 5.74) is 22.5. The summed E-state index contributed by atoms with van der Waals surface area (Å²) in [5.74, 6) is 1.03. The van der Waals surface area contributed by atoms with Crippen LogP contribution in [-0.4, -0.2) is 4.57 Å². The molecule has 1 nitrogen and oxygen atoms in total. The van der Waals surface area contributed by atoms with Gasteiger partial charge in [-0.2, -0.15) is 0 Å². The molecule has 5 aliphatic rings. The minimum absolute atomic E-state index is 0.170. The average Bonchev–Trinajstić information content (AvgIpc) is 3.72. The highest BCUT2D eigenvalue weighted by Crippen LogP contribution is 2.46. The van der Waals surface area contributed by atoms with E-state index in [9.17, 15) is 0 Å². The Morgan fingerprint density at radius 1 is 0.485 bits per heavy atom. The molecule has 0 saturated heterocycles. The lowest BCUT2D eigenvalue weighted by molar-refractivity contribution is 0.589. The van der Waals surface area contributed by atoms with Gasteiger partial charge in [0.05, 0.1) is 5.52 Å². The summed E-state index contributed by atoms with van der Waals surface area (Å²) < 4.78 is 2.54. The van der Waals surface area contributed by atoms with E-state index in [0.717, 1.165) is 51.4 Å². The third kappa shape index (κ3) is 7.67. The van der Waals surface area contributed by atoms with Crippen molar-refractivity contribution in [2.75, 3.05) is 0 Å². The van der Waals surface area contributed by atoms with Crippen molar-refractivity contribution in [3.63, 3.8) is 0 Å². The van der Waals surface area contributed by atoms with Crippen molar-refractivity contribution in [3.8, 4) is 11.1 Å². The van der Waals surface area contributed by atoms with Crippen molar-refractivity contribution in [3.05, 3.63) is 238 Å². The highest BCUT2D eigenvalue weighted by Gasteiger charge is 2.26. The summed E-state index contributed by atoms with van der Waals surface area (Å²) in [6.07, 6.45) is 35.2. The maximum atomic E-state index is 2.54. The lowest BCUT2D eigenvalue weighted by Gasteiger charge is -2.25. The highest BCUT2D eigenvalue weighted by molar-refractivity contribution is 6.19. The van der Waals surface area contributed by atoms with Gasteiger partial charge >= 0.3 is 0 Å². The first-order chi connectivity index (χ1) is 33.2. The molecule has 7 aromatic rings. The van der Waals surface area contributed by atoms with Gasteiger partial charge in [0.15, 0.2) is 0 Å². The number of hydrogen-bond acceptors (Lipinski definition) is 0. The van der Waals surface area contributed by atoms with Gasteiger partial charge in [0.1, 0.15) is 0 Å². The summed E-state index contributed by atoms with van der Waals surface area (Å²) in [7, 11) is 0. The van der Waals surface area contributed by atoms with Crippen molar-refractivity contribution < 1.29 is 0 Å². The summed E-state index contributed by atoms with van der Waals surface area (Å²) in [6.45, 7) is 9.15. The molecular weight excluding hydrogens is 819 g/mol. The molecule has 334 valence electrons. The van der Waals surface area contributed by atoms with E-state index in [1.54, 1.807) is 0 Å². The topological polar surface area (TPSA) is 4.93 Å². The molecule has 1 heterocycles. The Hall–Kier alpha value is -6.96. The molecule has 0 spiro atoms. The Morgan fingerprint density at radius 3 is 1.62 bits per heavy atom. The first kappa shape index (κ1) is 42.4. The number of rotatable bonds is 7. The molecule has 12 rings (SSSR count). The van der Waals surface area contributed by atoms with E-state index in [1.807, 2.05) is 0 Å². The second-order valence-electron chi connectivity index (χ2n) is 21.0. The van der Waals surface area contributed by atoms with Crippen LogP contribution in [0.25, 0.3) is 66.5 Å². The molecule has 0 amide bonds. The zero-order valence-electron chi connectivity index (χ0n) is 40.2. The molecule has 0 aliphatic heterocycles. The molecular formula is C67H61N. The van der Waals surface area contributed by atoms with Gasteiger partial charge in [0.25, 0.3) is 0 Å². The average molecular weight is 880 g/mol. The molecule has 1 heteroatoms. The molecule has 0 N–H and O–H groups in total. The van der Waals surface area contributed by atoms with Crippen LogP contribution in [0.4, 0.5) is 0 Å². The molecule has 6 aromatic carbocycles. The van der Waals surface area contributed by atoms with E-state index < -0.39 is 0 Å². The summed E-state index contributed by atoms with van der Waals surface area (Å²) in [4.78, 5) is 0. The van der Waals surface area contributed by atoms with Crippen LogP contribution < -0.4 is 0 Å². The van der Waals surface area contributed by atoms with Crippen molar-refractivity contribution in [2.24, 2.45) is 5.92 Å². The lowest BCUT2D eigenvalue weighted by atomic mass is 9.80. The fourth-order valence-electron chi connectivity index (χ4n) is 11.9. The first-order valence-corrected chi connectivity index (χ1v) is 25.3. The number of nitrogens with zero attached hydrogens (tertiary/aromatic N) is 1. The minimum atomic E-state index is 0.170. The number of para-hydroxylation sites is 1. The largest absolute Gasteiger partial charge is 0.313 e. The third-order valence-electron chi connectivity index (χ3n) is 15.7. The predicted octanol–water partition coefficient (Wildman–Crippen LogP) is 18.3. The van der Waals surface area contributed by atoms with Crippen LogP contribution in [0.3, 0.4) is 0 Å². The van der Waals surface area contributed by atoms with Gasteiger partial charge in [-0.25, -0.2) is 0 Å². The summed E-state index contributed by atoms with van der Waals surface area (Å²) >= 11 is 0. The number of fused-ring (bicyclic) bond motifs is 5. The predicted molar refractivity (Wildman–Crippen MR) is 293 cm³/mol. The summed E-state index contributed by atoms with van der Waals surface area (Å²) in [5, 5.41) is 6.69. The molecule has 2 atom stereocenters. The SMILES string of the molecule is CC1C=CC(n2c3c(c4ccccc42)C=C(C2=CC=C(C4=CC=C(c5c6ccccc6c(-c6ccc(C7=CCC(c8ccc(C(C)(C)C)cc8)C=C7)cc6)c6ccccc56)CC4)CC2)CC3)=CC1. The van der Waals surface area contributed by atoms with Gasteiger partial charge in [-0.1, -0.05) is 198 Å². The Balaban J connectivity index is 0.807. The Kier molecular flexibility index (Phi) is 10.8. The van der Waals surface area contributed by atoms with Crippen LogP contribution in [0.15, 0.2) is 204 Å². The molecule has 5 aliphatic carbocycles. The van der Waals surface area contributed by atoms with Gasteiger partial charge < -0.3 is 4.57 Å². The normalized spacial score (nSPS) is 19.5. The standard InChI is InChI=1S/C67H61N/c1-44-17-40-56(41-18-44)68-63-16-10-9-11-57(63)62-43-54(37-42-64(62)68)51-25-23-46(24-26-51)49-29-33-53(34-30-49)66-60-14-7-5-12-58(60)65(59-13-6-8-15-61(59)66)52-31-27-48(28-32-52)45-19-21-47(22-20-45)50-35-38-55(39-36-50)67(2,3)4/h5-17,19-21,23,25,27-29,31-33,35-36,38-41,43-44,47H,18,22,24,26,30,34,37,42H2,1-4H3. The maximum Gasteiger partial charge on any atom is 0.0537 e. The smallest absolute Gasteiger partial charge is 0.0537 e. The number of hydrogen-bond donors (Lipinski definition) is 0. The fourth-order valence-corrected chi connectivity index (χ4v) is 11.9. The van der Waals surface area contributed by atoms with Crippen LogP contribution in [0.1, 0.15) is 112 Å². The van der Waals surface area contributed by atoms with E-state index in [4.69, 9.17) is 0 Å². The van der Waals surface area contributed by atoms with E-state index in [-0.39, 0.29) is 5.41 Å². The van der Waals surface area contributed by atoms with Crippen LogP contribution in [0.5, 0.6) is 0 Å². The second-order valence-corrected chi connectivity index (χ2v) is 21.0. The summed E-state index contributed by atoms with van der Waals surface area (Å²) in [6, 6.07) is 45.8. The zero-order valence-corrected chi connectivity index (χ0v) is 40.2. The van der Waals surface area contributed by atoms with Crippen molar-refractivity contribution in [1.82, 2.24) is 4.57 Å². The van der Waals surface area contributed by atoms with E-state index >= 15 is 0 Å². The molecule has 1 aromatic heterocycles. The number of benzene rings is 6. The van der Waals surface area contributed by atoms with Crippen LogP contribution >= 0.6 is 0 Å². The van der Waals surface area contributed by atoms with Gasteiger partial charge in [0.2, 0.25) is 0 Å². The Labute approximate surface area is 403 Å². The van der Waals surface area contributed by atoms with Crippen molar-refractivity contribution >= 4 is 55.4 Å². The third-order valence-corrected chi connectivity index (χ3v) is 15.7. The second kappa shape index (κ2) is 17.3. The molecule has 0 radical (unpaired) electrons. The monoisotopic (exact) mass is 879 g/mol. The molecule has 0 fully saturated rings. The first-order valence-electron chi connectivity index (χ1n) is 25.3. The Bertz CT molecular complexity index is 3400. The van der Waals surface area contributed by atoms with E-state index in [1.165, 1.54) is 116 Å². The number of aromatic nitrogens is 1. The van der Waals surface area contributed by atoms with Crippen LogP contribution in [0, 0.1) is 5.92 Å². The quantitative estimate of drug-likeness (QED) is 0.141.